The molecule has 0 unspecified atom stereocenters. The van der Waals surface area contributed by atoms with Crippen LogP contribution in [0.4, 0.5) is 15.8 Å². The summed E-state index contributed by atoms with van der Waals surface area (Å²) in [6.45, 7) is 3.19. The fourth-order valence-corrected chi connectivity index (χ4v) is 2.85. The molecule has 9 heteroatoms. The summed E-state index contributed by atoms with van der Waals surface area (Å²) in [5.41, 5.74) is 1.82. The summed E-state index contributed by atoms with van der Waals surface area (Å²) in [6.07, 6.45) is 0. The Bertz CT molecular complexity index is 1050. The van der Waals surface area contributed by atoms with Crippen LogP contribution in [0.25, 0.3) is 0 Å². The Morgan fingerprint density at radius 2 is 1.97 bits per heavy atom. The van der Waals surface area contributed by atoms with Crippen LogP contribution in [0.1, 0.15) is 17.0 Å². The van der Waals surface area contributed by atoms with Crippen LogP contribution >= 0.6 is 0 Å². The Kier molecular flexibility index (Phi) is 5.87. The van der Waals surface area contributed by atoms with Gasteiger partial charge in [-0.05, 0) is 43.7 Å². The van der Waals surface area contributed by atoms with Gasteiger partial charge in [0.25, 0.3) is 0 Å². The van der Waals surface area contributed by atoms with Crippen molar-refractivity contribution in [2.75, 3.05) is 5.32 Å². The first-order chi connectivity index (χ1) is 13.8. The Hall–Kier alpha value is -3.75. The second-order valence-corrected chi connectivity index (χ2v) is 6.43. The summed E-state index contributed by atoms with van der Waals surface area (Å²) in [7, 11) is 0. The Balaban J connectivity index is 1.62. The van der Waals surface area contributed by atoms with Gasteiger partial charge in [-0.2, -0.15) is 5.10 Å². The van der Waals surface area contributed by atoms with E-state index < -0.39 is 4.92 Å². The number of benzene rings is 2. The SMILES string of the molecule is Cc1nn(CC(=O)Nc2cccc(OCc3ccc(F)cc3)c2)c(C)c1[N+](=O)[O-]. The molecule has 3 aromatic rings. The first-order valence-electron chi connectivity index (χ1n) is 8.79. The molecule has 1 heterocycles. The maximum absolute atomic E-state index is 12.9. The first-order valence-corrected chi connectivity index (χ1v) is 8.79. The molecule has 3 rings (SSSR count). The summed E-state index contributed by atoms with van der Waals surface area (Å²) >= 11 is 0. The van der Waals surface area contributed by atoms with E-state index in [4.69, 9.17) is 4.74 Å². The number of aromatic nitrogens is 2. The van der Waals surface area contributed by atoms with Gasteiger partial charge in [-0.15, -0.1) is 0 Å². The van der Waals surface area contributed by atoms with Crippen LogP contribution in [0.15, 0.2) is 48.5 Å². The fraction of sp³-hybridized carbons (Fsp3) is 0.200. The number of nitro groups is 1. The van der Waals surface area contributed by atoms with E-state index in [2.05, 4.69) is 10.4 Å². The lowest BCUT2D eigenvalue weighted by Gasteiger charge is -2.10. The molecule has 0 saturated heterocycles. The molecule has 0 fully saturated rings. The molecule has 8 nitrogen and oxygen atoms in total. The molecular formula is C20H19FN4O4. The van der Waals surface area contributed by atoms with Crippen LogP contribution in [-0.2, 0) is 17.9 Å². The van der Waals surface area contributed by atoms with Gasteiger partial charge in [-0.25, -0.2) is 4.39 Å². The van der Waals surface area contributed by atoms with Crippen molar-refractivity contribution in [2.24, 2.45) is 0 Å². The molecular weight excluding hydrogens is 379 g/mol. The molecule has 1 aromatic heterocycles. The minimum Gasteiger partial charge on any atom is -0.489 e. The van der Waals surface area contributed by atoms with Crippen molar-refractivity contribution in [3.8, 4) is 5.75 Å². The minimum atomic E-state index is -0.506. The number of rotatable bonds is 7. The number of nitrogens with one attached hydrogen (secondary N) is 1. The van der Waals surface area contributed by atoms with Crippen LogP contribution < -0.4 is 10.1 Å². The third kappa shape index (κ3) is 4.95. The summed E-state index contributed by atoms with van der Waals surface area (Å²) in [5, 5.41) is 17.9. The minimum absolute atomic E-state index is 0.0889. The smallest absolute Gasteiger partial charge is 0.312 e. The van der Waals surface area contributed by atoms with E-state index in [0.717, 1.165) is 5.56 Å². The zero-order chi connectivity index (χ0) is 21.0. The molecule has 150 valence electrons. The first kappa shape index (κ1) is 20.0. The second-order valence-electron chi connectivity index (χ2n) is 6.43. The van der Waals surface area contributed by atoms with Gasteiger partial charge in [0.2, 0.25) is 5.91 Å². The predicted molar refractivity (Wildman–Crippen MR) is 104 cm³/mol. The number of hydrogen-bond donors (Lipinski definition) is 1. The fourth-order valence-electron chi connectivity index (χ4n) is 2.85. The van der Waals surface area contributed by atoms with Crippen molar-refractivity contribution in [3.63, 3.8) is 0 Å². The summed E-state index contributed by atoms with van der Waals surface area (Å²) in [4.78, 5) is 22.9. The quantitative estimate of drug-likeness (QED) is 0.482. The van der Waals surface area contributed by atoms with Gasteiger partial charge in [0.15, 0.2) is 0 Å². The lowest BCUT2D eigenvalue weighted by Crippen LogP contribution is -2.20. The van der Waals surface area contributed by atoms with Crippen LogP contribution in [0.5, 0.6) is 5.75 Å². The highest BCUT2D eigenvalue weighted by Gasteiger charge is 2.22. The lowest BCUT2D eigenvalue weighted by atomic mass is 10.2. The zero-order valence-corrected chi connectivity index (χ0v) is 15.9. The number of carbonyl (C=O) groups excluding carboxylic acids is 1. The van der Waals surface area contributed by atoms with Gasteiger partial charge < -0.3 is 10.1 Å². The average molecular weight is 398 g/mol. The van der Waals surface area contributed by atoms with Crippen LogP contribution in [0.2, 0.25) is 0 Å². The molecule has 1 amide bonds. The van der Waals surface area contributed by atoms with E-state index in [9.17, 15) is 19.3 Å². The third-order valence-electron chi connectivity index (χ3n) is 4.26. The van der Waals surface area contributed by atoms with Crippen molar-refractivity contribution in [3.05, 3.63) is 81.4 Å². The lowest BCUT2D eigenvalue weighted by molar-refractivity contribution is -0.386. The molecule has 0 aliphatic carbocycles. The molecule has 0 aliphatic rings. The normalized spacial score (nSPS) is 10.6. The van der Waals surface area contributed by atoms with Gasteiger partial charge in [0.05, 0.1) is 4.92 Å². The molecule has 0 saturated carbocycles. The highest BCUT2D eigenvalue weighted by molar-refractivity contribution is 5.90. The summed E-state index contributed by atoms with van der Waals surface area (Å²) in [5.74, 6) is -0.151. The number of amides is 1. The number of aryl methyl sites for hydroxylation is 1. The van der Waals surface area contributed by atoms with Crippen LogP contribution in [0.3, 0.4) is 0 Å². The van der Waals surface area contributed by atoms with Gasteiger partial charge >= 0.3 is 5.69 Å². The highest BCUT2D eigenvalue weighted by atomic mass is 19.1. The van der Waals surface area contributed by atoms with E-state index in [0.29, 0.717) is 17.1 Å². The van der Waals surface area contributed by atoms with Crippen LogP contribution in [0, 0.1) is 29.8 Å². The second kappa shape index (κ2) is 8.51. The highest BCUT2D eigenvalue weighted by Crippen LogP contribution is 2.22. The standard InChI is InChI=1S/C20H19FN4O4/c1-13-20(25(27)28)14(2)24(23-13)11-19(26)22-17-4-3-5-18(10-17)29-12-15-6-8-16(21)9-7-15/h3-10H,11-12H2,1-2H3,(H,22,26). The average Bonchev–Trinajstić information content (AvgIpc) is 2.94. The monoisotopic (exact) mass is 398 g/mol. The maximum atomic E-state index is 12.9. The van der Waals surface area contributed by atoms with Crippen molar-refractivity contribution >= 4 is 17.3 Å². The molecule has 0 aliphatic heterocycles. The van der Waals surface area contributed by atoms with E-state index in [1.807, 2.05) is 0 Å². The van der Waals surface area contributed by atoms with Crippen molar-refractivity contribution in [1.29, 1.82) is 0 Å². The van der Waals surface area contributed by atoms with Gasteiger partial charge in [-0.1, -0.05) is 18.2 Å². The van der Waals surface area contributed by atoms with E-state index in [1.165, 1.54) is 23.7 Å². The van der Waals surface area contributed by atoms with Crippen molar-refractivity contribution < 1.29 is 18.8 Å². The number of nitrogens with zero attached hydrogens (tertiary/aromatic N) is 3. The molecule has 1 N–H and O–H groups in total. The zero-order valence-electron chi connectivity index (χ0n) is 15.9. The summed E-state index contributed by atoms with van der Waals surface area (Å²) in [6, 6.07) is 12.8. The number of ether oxygens (including phenoxy) is 1. The van der Waals surface area contributed by atoms with Crippen molar-refractivity contribution in [2.45, 2.75) is 27.0 Å². The summed E-state index contributed by atoms with van der Waals surface area (Å²) < 4.78 is 19.9. The number of carbonyl (C=O) groups is 1. The Morgan fingerprint density at radius 1 is 1.24 bits per heavy atom. The van der Waals surface area contributed by atoms with Crippen LogP contribution in [-0.4, -0.2) is 20.6 Å². The molecule has 0 atom stereocenters. The van der Waals surface area contributed by atoms with E-state index in [1.54, 1.807) is 43.3 Å². The van der Waals surface area contributed by atoms with Gasteiger partial charge in [0.1, 0.15) is 36.1 Å². The maximum Gasteiger partial charge on any atom is 0.312 e. The molecule has 29 heavy (non-hydrogen) atoms. The Labute approximate surface area is 166 Å². The predicted octanol–water partition coefficient (Wildman–Crippen LogP) is 3.76. The van der Waals surface area contributed by atoms with Crippen molar-refractivity contribution in [1.82, 2.24) is 9.78 Å². The number of halogens is 1. The molecule has 0 bridgehead atoms. The largest absolute Gasteiger partial charge is 0.489 e. The van der Waals surface area contributed by atoms with E-state index >= 15 is 0 Å². The number of hydrogen-bond acceptors (Lipinski definition) is 5. The van der Waals surface area contributed by atoms with E-state index in [-0.39, 0.29) is 36.3 Å². The number of anilines is 1. The third-order valence-corrected chi connectivity index (χ3v) is 4.26. The molecule has 0 spiro atoms. The topological polar surface area (TPSA) is 99.3 Å². The molecule has 2 aromatic carbocycles. The molecule has 0 radical (unpaired) electrons. The Morgan fingerprint density at radius 3 is 2.62 bits per heavy atom. The van der Waals surface area contributed by atoms with Gasteiger partial charge in [0, 0.05) is 11.8 Å². The van der Waals surface area contributed by atoms with Gasteiger partial charge in [-0.3, -0.25) is 19.6 Å².